The minimum atomic E-state index is 0.995. The van der Waals surface area contributed by atoms with Gasteiger partial charge in [-0.1, -0.05) is 0 Å². The third-order valence-electron chi connectivity index (χ3n) is 2.80. The van der Waals surface area contributed by atoms with E-state index in [0.29, 0.717) is 0 Å². The number of hydrogen-bond acceptors (Lipinski definition) is 1. The van der Waals surface area contributed by atoms with Crippen LogP contribution in [-0.4, -0.2) is 24.5 Å². The fraction of sp³-hybridized carbons (Fsp3) is 1.00. The molecule has 2 rings (SSSR count). The maximum atomic E-state index is 2.51. The molecule has 1 nitrogen and oxygen atoms in total. The third kappa shape index (κ3) is 0.455. The van der Waals surface area contributed by atoms with Crippen molar-refractivity contribution in [3.8, 4) is 0 Å². The lowest BCUT2D eigenvalue weighted by Crippen LogP contribution is -2.36. The second-order valence-electron chi connectivity index (χ2n) is 3.17. The highest BCUT2D eigenvalue weighted by Crippen LogP contribution is 2.38. The summed E-state index contributed by atoms with van der Waals surface area (Å²) in [5.41, 5.74) is 0. The van der Waals surface area contributed by atoms with Crippen molar-refractivity contribution in [1.29, 1.82) is 0 Å². The zero-order valence-corrected chi connectivity index (χ0v) is 5.43. The molecule has 1 heteroatoms. The SMILES string of the molecule is CN1CCC2CCC21. The normalized spacial score (nSPS) is 46.1. The summed E-state index contributed by atoms with van der Waals surface area (Å²) in [5, 5.41) is 0. The first kappa shape index (κ1) is 4.80. The average Bonchev–Trinajstić information content (AvgIpc) is 1.80. The molecule has 1 aliphatic heterocycles. The summed E-state index contributed by atoms with van der Waals surface area (Å²) in [6.07, 6.45) is 4.46. The van der Waals surface area contributed by atoms with Crippen LogP contribution in [-0.2, 0) is 0 Å². The van der Waals surface area contributed by atoms with E-state index in [2.05, 4.69) is 11.9 Å². The van der Waals surface area contributed by atoms with Crippen molar-refractivity contribution < 1.29 is 0 Å². The Balaban J connectivity index is 2.05. The van der Waals surface area contributed by atoms with E-state index in [4.69, 9.17) is 0 Å². The minimum absolute atomic E-state index is 0.995. The number of likely N-dealkylation sites (tertiary alicyclic amines) is 1. The van der Waals surface area contributed by atoms with E-state index in [1.807, 2.05) is 0 Å². The Morgan fingerprint density at radius 1 is 1.25 bits per heavy atom. The first-order valence-electron chi connectivity index (χ1n) is 3.58. The fourth-order valence-corrected chi connectivity index (χ4v) is 2.00. The number of rotatable bonds is 0. The molecule has 1 aliphatic carbocycles. The Labute approximate surface area is 50.7 Å². The Morgan fingerprint density at radius 3 is 2.38 bits per heavy atom. The van der Waals surface area contributed by atoms with E-state index in [9.17, 15) is 0 Å². The summed E-state index contributed by atoms with van der Waals surface area (Å²) >= 11 is 0. The molecule has 2 fully saturated rings. The summed E-state index contributed by atoms with van der Waals surface area (Å²) < 4.78 is 0. The Kier molecular flexibility index (Phi) is 0.884. The van der Waals surface area contributed by atoms with E-state index in [-0.39, 0.29) is 0 Å². The van der Waals surface area contributed by atoms with Crippen LogP contribution in [0.25, 0.3) is 0 Å². The number of nitrogens with zero attached hydrogens (tertiary/aromatic N) is 1. The van der Waals surface area contributed by atoms with Gasteiger partial charge in [0.15, 0.2) is 0 Å². The predicted molar refractivity (Wildman–Crippen MR) is 33.8 cm³/mol. The lowest BCUT2D eigenvalue weighted by Gasteiger charge is -2.33. The molecule has 1 heterocycles. The van der Waals surface area contributed by atoms with Crippen LogP contribution in [0.5, 0.6) is 0 Å². The maximum Gasteiger partial charge on any atom is 0.0121 e. The van der Waals surface area contributed by atoms with Gasteiger partial charge < -0.3 is 4.90 Å². The second-order valence-corrected chi connectivity index (χ2v) is 3.17. The van der Waals surface area contributed by atoms with E-state index >= 15 is 0 Å². The van der Waals surface area contributed by atoms with Crippen LogP contribution in [0.3, 0.4) is 0 Å². The second kappa shape index (κ2) is 1.47. The fourth-order valence-electron chi connectivity index (χ4n) is 2.00. The molecule has 46 valence electrons. The van der Waals surface area contributed by atoms with Crippen molar-refractivity contribution >= 4 is 0 Å². The Hall–Kier alpha value is -0.0400. The summed E-state index contributed by atoms with van der Waals surface area (Å²) in [5.74, 6) is 1.10. The smallest absolute Gasteiger partial charge is 0.0121 e. The van der Waals surface area contributed by atoms with Gasteiger partial charge in [0.1, 0.15) is 0 Å². The molecule has 8 heavy (non-hydrogen) atoms. The quantitative estimate of drug-likeness (QED) is 0.452. The van der Waals surface area contributed by atoms with Crippen molar-refractivity contribution in [2.75, 3.05) is 13.6 Å². The summed E-state index contributed by atoms with van der Waals surface area (Å²) in [7, 11) is 2.25. The Morgan fingerprint density at radius 2 is 2.12 bits per heavy atom. The molecule has 2 unspecified atom stereocenters. The van der Waals surface area contributed by atoms with Crippen LogP contribution in [0.4, 0.5) is 0 Å². The van der Waals surface area contributed by atoms with Crippen molar-refractivity contribution in [3.63, 3.8) is 0 Å². The van der Waals surface area contributed by atoms with Crippen LogP contribution >= 0.6 is 0 Å². The molecule has 0 bridgehead atoms. The molecular formula is C7H13N. The van der Waals surface area contributed by atoms with Gasteiger partial charge in [-0.25, -0.2) is 0 Å². The zero-order chi connectivity index (χ0) is 5.56. The largest absolute Gasteiger partial charge is 0.303 e. The highest BCUT2D eigenvalue weighted by Gasteiger charge is 2.38. The molecular weight excluding hydrogens is 98.1 g/mol. The van der Waals surface area contributed by atoms with Gasteiger partial charge in [-0.2, -0.15) is 0 Å². The van der Waals surface area contributed by atoms with Crippen molar-refractivity contribution in [2.45, 2.75) is 25.3 Å². The highest BCUT2D eigenvalue weighted by atomic mass is 15.2. The van der Waals surface area contributed by atoms with E-state index in [1.54, 1.807) is 0 Å². The predicted octanol–water partition coefficient (Wildman–Crippen LogP) is 1.10. The molecule has 0 N–H and O–H groups in total. The molecule has 0 aromatic rings. The minimum Gasteiger partial charge on any atom is -0.303 e. The maximum absolute atomic E-state index is 2.51. The van der Waals surface area contributed by atoms with Crippen molar-refractivity contribution in [2.24, 2.45) is 5.92 Å². The molecule has 0 amide bonds. The zero-order valence-electron chi connectivity index (χ0n) is 5.43. The summed E-state index contributed by atoms with van der Waals surface area (Å²) in [4.78, 5) is 2.51. The molecule has 0 radical (unpaired) electrons. The number of hydrogen-bond donors (Lipinski definition) is 0. The van der Waals surface area contributed by atoms with Gasteiger partial charge in [-0.3, -0.25) is 0 Å². The molecule has 2 aliphatic rings. The topological polar surface area (TPSA) is 3.24 Å². The van der Waals surface area contributed by atoms with Gasteiger partial charge in [0.25, 0.3) is 0 Å². The van der Waals surface area contributed by atoms with Gasteiger partial charge in [-0.15, -0.1) is 0 Å². The molecule has 0 aromatic heterocycles. The van der Waals surface area contributed by atoms with Crippen LogP contribution < -0.4 is 0 Å². The lowest BCUT2D eigenvalue weighted by atomic mass is 9.80. The molecule has 1 saturated carbocycles. The van der Waals surface area contributed by atoms with Gasteiger partial charge >= 0.3 is 0 Å². The van der Waals surface area contributed by atoms with Gasteiger partial charge in [-0.05, 0) is 38.8 Å². The van der Waals surface area contributed by atoms with Crippen LogP contribution in [0.1, 0.15) is 19.3 Å². The monoisotopic (exact) mass is 111 g/mol. The van der Waals surface area contributed by atoms with Gasteiger partial charge in [0, 0.05) is 6.04 Å². The van der Waals surface area contributed by atoms with Crippen LogP contribution in [0.15, 0.2) is 0 Å². The molecule has 2 atom stereocenters. The highest BCUT2D eigenvalue weighted by molar-refractivity contribution is 4.92. The third-order valence-corrected chi connectivity index (χ3v) is 2.80. The molecule has 1 saturated heterocycles. The van der Waals surface area contributed by atoms with E-state index in [1.165, 1.54) is 25.8 Å². The number of fused-ring (bicyclic) bond motifs is 1. The standard InChI is InChI=1S/C7H13N/c1-8-5-4-6-2-3-7(6)8/h6-7H,2-5H2,1H3. The first-order valence-corrected chi connectivity index (χ1v) is 3.58. The van der Waals surface area contributed by atoms with Crippen LogP contribution in [0.2, 0.25) is 0 Å². The lowest BCUT2D eigenvalue weighted by molar-refractivity contribution is 0.169. The summed E-state index contributed by atoms with van der Waals surface area (Å²) in [6, 6.07) is 0.995. The molecule has 0 aromatic carbocycles. The van der Waals surface area contributed by atoms with Gasteiger partial charge in [0.05, 0.1) is 0 Å². The van der Waals surface area contributed by atoms with E-state index < -0.39 is 0 Å². The van der Waals surface area contributed by atoms with E-state index in [0.717, 1.165) is 12.0 Å². The average molecular weight is 111 g/mol. The first-order chi connectivity index (χ1) is 3.88. The Bertz CT molecular complexity index is 94.6. The molecule has 0 spiro atoms. The van der Waals surface area contributed by atoms with Crippen LogP contribution in [0, 0.1) is 5.92 Å². The summed E-state index contributed by atoms with van der Waals surface area (Å²) in [6.45, 7) is 1.36. The van der Waals surface area contributed by atoms with Gasteiger partial charge in [0.2, 0.25) is 0 Å². The van der Waals surface area contributed by atoms with Crippen molar-refractivity contribution in [1.82, 2.24) is 4.90 Å². The van der Waals surface area contributed by atoms with Crippen molar-refractivity contribution in [3.05, 3.63) is 0 Å².